The van der Waals surface area contributed by atoms with Crippen LogP contribution in [0.25, 0.3) is 6.08 Å². The van der Waals surface area contributed by atoms with Gasteiger partial charge in [-0.2, -0.15) is 0 Å². The van der Waals surface area contributed by atoms with Crippen LogP contribution in [0.1, 0.15) is 60.5 Å². The van der Waals surface area contributed by atoms with Gasteiger partial charge in [-0.05, 0) is 83.8 Å². The standard InChI is InChI=1S/C27H27IN2O7/c1-2-36-22-14-17(13-21(28)23(22)37-15-16-8-10-18(11-9-16)26(33)34)12-20-24(31)29-27(35)30(25(20)32)19-6-4-3-5-7-19/h8-14,19H,2-7,15H2,1H3,(H,33,34)(H,29,31,35). The van der Waals surface area contributed by atoms with Gasteiger partial charge in [0, 0.05) is 6.04 Å². The van der Waals surface area contributed by atoms with Crippen molar-refractivity contribution in [3.63, 3.8) is 0 Å². The molecule has 4 rings (SSSR count). The molecule has 0 unspecified atom stereocenters. The number of rotatable bonds is 8. The lowest BCUT2D eigenvalue weighted by Crippen LogP contribution is -2.58. The number of nitrogens with one attached hydrogen (secondary N) is 1. The molecular weight excluding hydrogens is 591 g/mol. The van der Waals surface area contributed by atoms with Gasteiger partial charge in [-0.25, -0.2) is 9.59 Å². The van der Waals surface area contributed by atoms with Crippen molar-refractivity contribution in [2.45, 2.75) is 51.7 Å². The molecule has 9 nitrogen and oxygen atoms in total. The fraction of sp³-hybridized carbons (Fsp3) is 0.333. The van der Waals surface area contributed by atoms with Gasteiger partial charge in [-0.3, -0.25) is 19.8 Å². The van der Waals surface area contributed by atoms with E-state index in [9.17, 15) is 19.2 Å². The van der Waals surface area contributed by atoms with Gasteiger partial charge in [-0.15, -0.1) is 0 Å². The van der Waals surface area contributed by atoms with Gasteiger partial charge < -0.3 is 14.6 Å². The van der Waals surface area contributed by atoms with Crippen LogP contribution in [0.4, 0.5) is 4.79 Å². The minimum absolute atomic E-state index is 0.101. The molecular formula is C27H27IN2O7. The van der Waals surface area contributed by atoms with Gasteiger partial charge >= 0.3 is 12.0 Å². The van der Waals surface area contributed by atoms with Gasteiger partial charge in [-0.1, -0.05) is 31.4 Å². The summed E-state index contributed by atoms with van der Waals surface area (Å²) < 4.78 is 12.5. The van der Waals surface area contributed by atoms with Crippen LogP contribution in [0.3, 0.4) is 0 Å². The lowest BCUT2D eigenvalue weighted by atomic mass is 9.93. The van der Waals surface area contributed by atoms with Crippen molar-refractivity contribution in [1.82, 2.24) is 10.2 Å². The third-order valence-corrected chi connectivity index (χ3v) is 7.10. The van der Waals surface area contributed by atoms with Crippen molar-refractivity contribution in [1.29, 1.82) is 0 Å². The zero-order valence-electron chi connectivity index (χ0n) is 20.3. The minimum Gasteiger partial charge on any atom is -0.490 e. The predicted molar refractivity (Wildman–Crippen MR) is 143 cm³/mol. The first-order valence-corrected chi connectivity index (χ1v) is 13.2. The normalized spacial score (nSPS) is 17.6. The minimum atomic E-state index is -0.998. The molecule has 0 radical (unpaired) electrons. The van der Waals surface area contributed by atoms with Gasteiger partial charge in [0.2, 0.25) is 0 Å². The van der Waals surface area contributed by atoms with E-state index < -0.39 is 23.8 Å². The molecule has 2 N–H and O–H groups in total. The molecule has 0 spiro atoms. The molecule has 1 saturated heterocycles. The van der Waals surface area contributed by atoms with E-state index in [1.54, 1.807) is 24.3 Å². The molecule has 0 aromatic heterocycles. The summed E-state index contributed by atoms with van der Waals surface area (Å²) in [6, 6.07) is 8.96. The molecule has 0 bridgehead atoms. The number of imide groups is 2. The zero-order valence-corrected chi connectivity index (χ0v) is 22.4. The molecule has 0 atom stereocenters. The fourth-order valence-electron chi connectivity index (χ4n) is 4.48. The van der Waals surface area contributed by atoms with Crippen LogP contribution in [0.5, 0.6) is 11.5 Å². The summed E-state index contributed by atoms with van der Waals surface area (Å²) >= 11 is 2.09. The molecule has 2 aromatic carbocycles. The quantitative estimate of drug-likeness (QED) is 0.249. The topological polar surface area (TPSA) is 122 Å². The first kappa shape index (κ1) is 26.6. The summed E-state index contributed by atoms with van der Waals surface area (Å²) in [7, 11) is 0. The molecule has 194 valence electrons. The van der Waals surface area contributed by atoms with Gasteiger partial charge in [0.15, 0.2) is 11.5 Å². The smallest absolute Gasteiger partial charge is 0.335 e. The Morgan fingerprint density at radius 2 is 1.81 bits per heavy atom. The maximum absolute atomic E-state index is 13.2. The Morgan fingerprint density at radius 1 is 1.11 bits per heavy atom. The van der Waals surface area contributed by atoms with Crippen LogP contribution < -0.4 is 14.8 Å². The molecule has 2 fully saturated rings. The molecule has 1 aliphatic carbocycles. The Balaban J connectivity index is 1.59. The summed E-state index contributed by atoms with van der Waals surface area (Å²) in [4.78, 5) is 50.5. The number of barbiturate groups is 1. The average molecular weight is 618 g/mol. The van der Waals surface area contributed by atoms with Crippen LogP contribution in [0.15, 0.2) is 42.0 Å². The fourth-order valence-corrected chi connectivity index (χ4v) is 5.26. The second kappa shape index (κ2) is 11.8. The third-order valence-electron chi connectivity index (χ3n) is 6.30. The Morgan fingerprint density at radius 3 is 2.46 bits per heavy atom. The second-order valence-electron chi connectivity index (χ2n) is 8.84. The number of carbonyl (C=O) groups excluding carboxylic acids is 3. The average Bonchev–Trinajstić information content (AvgIpc) is 2.87. The number of carboxylic acids is 1. The van der Waals surface area contributed by atoms with Crippen molar-refractivity contribution in [3.05, 3.63) is 62.2 Å². The number of benzene rings is 2. The maximum Gasteiger partial charge on any atom is 0.335 e. The number of hydrogen-bond donors (Lipinski definition) is 2. The number of nitrogens with zero attached hydrogens (tertiary/aromatic N) is 1. The maximum atomic E-state index is 13.2. The van der Waals surface area contributed by atoms with E-state index in [1.165, 1.54) is 23.1 Å². The molecule has 37 heavy (non-hydrogen) atoms. The van der Waals surface area contributed by atoms with Crippen molar-refractivity contribution in [2.24, 2.45) is 0 Å². The molecule has 1 aliphatic heterocycles. The van der Waals surface area contributed by atoms with E-state index >= 15 is 0 Å². The Labute approximate surface area is 228 Å². The lowest BCUT2D eigenvalue weighted by molar-refractivity contribution is -0.132. The van der Waals surface area contributed by atoms with Crippen LogP contribution in [-0.4, -0.2) is 46.5 Å². The van der Waals surface area contributed by atoms with Crippen LogP contribution >= 0.6 is 22.6 Å². The number of halogens is 1. The highest BCUT2D eigenvalue weighted by Crippen LogP contribution is 2.36. The van der Waals surface area contributed by atoms with Crippen molar-refractivity contribution >= 4 is 52.5 Å². The summed E-state index contributed by atoms with van der Waals surface area (Å²) in [5, 5.41) is 11.4. The first-order chi connectivity index (χ1) is 17.8. The molecule has 1 saturated carbocycles. The van der Waals surface area contributed by atoms with E-state index in [4.69, 9.17) is 14.6 Å². The van der Waals surface area contributed by atoms with Crippen molar-refractivity contribution < 1.29 is 33.8 Å². The third kappa shape index (κ3) is 6.12. The largest absolute Gasteiger partial charge is 0.490 e. The van der Waals surface area contributed by atoms with E-state index in [2.05, 4.69) is 27.9 Å². The number of aromatic carboxylic acids is 1. The van der Waals surface area contributed by atoms with E-state index in [0.717, 1.165) is 37.7 Å². The Hall–Kier alpha value is -3.41. The number of amides is 4. The van der Waals surface area contributed by atoms with Crippen LogP contribution in [0, 0.1) is 3.57 Å². The van der Waals surface area contributed by atoms with Crippen molar-refractivity contribution in [3.8, 4) is 11.5 Å². The highest BCUT2D eigenvalue weighted by molar-refractivity contribution is 14.1. The highest BCUT2D eigenvalue weighted by Gasteiger charge is 2.40. The monoisotopic (exact) mass is 618 g/mol. The number of urea groups is 1. The van der Waals surface area contributed by atoms with Crippen LogP contribution in [0.2, 0.25) is 0 Å². The van der Waals surface area contributed by atoms with Crippen molar-refractivity contribution in [2.75, 3.05) is 6.61 Å². The summed E-state index contributed by atoms with van der Waals surface area (Å²) in [6.45, 7) is 2.39. The van der Waals surface area contributed by atoms with Gasteiger partial charge in [0.05, 0.1) is 15.7 Å². The number of hydrogen-bond acceptors (Lipinski definition) is 6. The molecule has 2 aliphatic rings. The lowest BCUT2D eigenvalue weighted by Gasteiger charge is -2.35. The molecule has 1 heterocycles. The molecule has 10 heteroatoms. The first-order valence-electron chi connectivity index (χ1n) is 12.1. The molecule has 2 aromatic rings. The summed E-state index contributed by atoms with van der Waals surface area (Å²) in [5.41, 5.74) is 1.43. The number of carbonyl (C=O) groups is 4. The zero-order chi connectivity index (χ0) is 26.5. The number of ether oxygens (including phenoxy) is 2. The summed E-state index contributed by atoms with van der Waals surface area (Å²) in [6.07, 6.45) is 5.89. The van der Waals surface area contributed by atoms with Gasteiger partial charge in [0.25, 0.3) is 11.8 Å². The van der Waals surface area contributed by atoms with Gasteiger partial charge in [0.1, 0.15) is 12.2 Å². The second-order valence-corrected chi connectivity index (χ2v) is 10.0. The van der Waals surface area contributed by atoms with E-state index in [0.29, 0.717) is 27.2 Å². The summed E-state index contributed by atoms with van der Waals surface area (Å²) in [5.74, 6) is -1.38. The highest BCUT2D eigenvalue weighted by atomic mass is 127. The van der Waals surface area contributed by atoms with E-state index in [1.807, 2.05) is 6.92 Å². The predicted octanol–water partition coefficient (Wildman–Crippen LogP) is 4.76. The number of carboxylic acid groups (broad SMARTS) is 1. The SMILES string of the molecule is CCOc1cc(C=C2C(=O)NC(=O)N(C3CCCCC3)C2=O)cc(I)c1OCc1ccc(C(=O)O)cc1. The Bertz CT molecular complexity index is 1250. The van der Waals surface area contributed by atoms with Crippen LogP contribution in [-0.2, 0) is 16.2 Å². The Kier molecular flexibility index (Phi) is 8.47. The van der Waals surface area contributed by atoms with E-state index in [-0.39, 0.29) is 23.8 Å². The molecule has 4 amide bonds.